The lowest BCUT2D eigenvalue weighted by atomic mass is 10.1. The van der Waals surface area contributed by atoms with Crippen LogP contribution in [0.2, 0.25) is 5.02 Å². The SMILES string of the molecule is CCC(C)NC(=O)c1ccc(CSc2nc3cccnc3n2Cc2c(F)cccc2Cl)cc1. The number of nitrogens with one attached hydrogen (secondary N) is 1. The van der Waals surface area contributed by atoms with Gasteiger partial charge in [-0.3, -0.25) is 9.36 Å². The molecule has 33 heavy (non-hydrogen) atoms. The van der Waals surface area contributed by atoms with Crippen LogP contribution in [0, 0.1) is 5.82 Å². The van der Waals surface area contributed by atoms with E-state index in [0.29, 0.717) is 27.5 Å². The number of fused-ring (bicyclic) bond motifs is 1. The van der Waals surface area contributed by atoms with E-state index in [1.54, 1.807) is 18.3 Å². The summed E-state index contributed by atoms with van der Waals surface area (Å²) in [6.45, 7) is 4.25. The molecular weight excluding hydrogens is 459 g/mol. The number of thioether (sulfide) groups is 1. The van der Waals surface area contributed by atoms with Crippen LogP contribution in [0.4, 0.5) is 4.39 Å². The van der Waals surface area contributed by atoms with Gasteiger partial charge in [0, 0.05) is 34.1 Å². The van der Waals surface area contributed by atoms with Gasteiger partial charge in [-0.1, -0.05) is 48.5 Å². The molecule has 2 heterocycles. The van der Waals surface area contributed by atoms with Crippen LogP contribution in [0.5, 0.6) is 0 Å². The minimum atomic E-state index is -0.359. The van der Waals surface area contributed by atoms with Crippen molar-refractivity contribution < 1.29 is 9.18 Å². The molecule has 0 aliphatic carbocycles. The van der Waals surface area contributed by atoms with E-state index in [4.69, 9.17) is 16.6 Å². The molecule has 1 atom stereocenters. The van der Waals surface area contributed by atoms with Gasteiger partial charge in [-0.15, -0.1) is 0 Å². The van der Waals surface area contributed by atoms with Crippen molar-refractivity contribution in [2.24, 2.45) is 0 Å². The van der Waals surface area contributed by atoms with Crippen LogP contribution < -0.4 is 5.32 Å². The van der Waals surface area contributed by atoms with Gasteiger partial charge in [-0.25, -0.2) is 14.4 Å². The number of aromatic nitrogens is 3. The number of halogens is 2. The van der Waals surface area contributed by atoms with Crippen molar-refractivity contribution in [1.82, 2.24) is 19.9 Å². The zero-order valence-electron chi connectivity index (χ0n) is 18.4. The summed E-state index contributed by atoms with van der Waals surface area (Å²) in [5, 5.41) is 4.07. The number of carbonyl (C=O) groups is 1. The number of hydrogen-bond donors (Lipinski definition) is 1. The minimum Gasteiger partial charge on any atom is -0.350 e. The first-order valence-electron chi connectivity index (χ1n) is 10.7. The first-order valence-corrected chi connectivity index (χ1v) is 12.1. The summed E-state index contributed by atoms with van der Waals surface area (Å²) in [7, 11) is 0. The van der Waals surface area contributed by atoms with Gasteiger partial charge in [-0.2, -0.15) is 0 Å². The molecule has 1 amide bonds. The second kappa shape index (κ2) is 10.4. The van der Waals surface area contributed by atoms with E-state index in [1.807, 2.05) is 54.8 Å². The molecule has 4 rings (SSSR count). The Morgan fingerprint density at radius 2 is 1.97 bits per heavy atom. The van der Waals surface area contributed by atoms with Crippen molar-refractivity contribution in [3.05, 3.63) is 88.3 Å². The van der Waals surface area contributed by atoms with Gasteiger partial charge in [0.15, 0.2) is 10.8 Å². The molecule has 0 spiro atoms. The number of carbonyl (C=O) groups excluding carboxylic acids is 1. The highest BCUT2D eigenvalue weighted by Gasteiger charge is 2.16. The molecule has 1 N–H and O–H groups in total. The lowest BCUT2D eigenvalue weighted by Crippen LogP contribution is -2.31. The molecule has 1 unspecified atom stereocenters. The van der Waals surface area contributed by atoms with E-state index in [2.05, 4.69) is 10.3 Å². The molecule has 0 saturated carbocycles. The van der Waals surface area contributed by atoms with Crippen LogP contribution in [0.3, 0.4) is 0 Å². The van der Waals surface area contributed by atoms with Crippen LogP contribution in [-0.2, 0) is 12.3 Å². The average molecular weight is 483 g/mol. The number of amides is 1. The maximum absolute atomic E-state index is 14.5. The Hall–Kier alpha value is -2.90. The van der Waals surface area contributed by atoms with E-state index in [9.17, 15) is 9.18 Å². The summed E-state index contributed by atoms with van der Waals surface area (Å²) in [6.07, 6.45) is 2.58. The Kier molecular flexibility index (Phi) is 7.30. The fraction of sp³-hybridized carbons (Fsp3) is 0.240. The monoisotopic (exact) mass is 482 g/mol. The predicted octanol–water partition coefficient (Wildman–Crippen LogP) is 6.09. The van der Waals surface area contributed by atoms with Crippen molar-refractivity contribution in [2.45, 2.75) is 43.8 Å². The number of rotatable bonds is 8. The van der Waals surface area contributed by atoms with Crippen molar-refractivity contribution in [3.8, 4) is 0 Å². The number of hydrogen-bond acceptors (Lipinski definition) is 4. The Morgan fingerprint density at radius 3 is 2.70 bits per heavy atom. The fourth-order valence-electron chi connectivity index (χ4n) is 3.34. The average Bonchev–Trinajstić information content (AvgIpc) is 3.17. The minimum absolute atomic E-state index is 0.0711. The van der Waals surface area contributed by atoms with E-state index < -0.39 is 0 Å². The molecule has 0 aliphatic heterocycles. The molecule has 0 fully saturated rings. The zero-order valence-corrected chi connectivity index (χ0v) is 20.0. The molecule has 2 aromatic carbocycles. The lowest BCUT2D eigenvalue weighted by Gasteiger charge is -2.12. The van der Waals surface area contributed by atoms with Gasteiger partial charge in [0.25, 0.3) is 5.91 Å². The quantitative estimate of drug-likeness (QED) is 0.308. The summed E-state index contributed by atoms with van der Waals surface area (Å²) in [6, 6.07) is 16.1. The summed E-state index contributed by atoms with van der Waals surface area (Å²) in [4.78, 5) is 21.5. The molecule has 0 aliphatic rings. The van der Waals surface area contributed by atoms with Gasteiger partial charge in [-0.05, 0) is 55.3 Å². The van der Waals surface area contributed by atoms with E-state index in [1.165, 1.54) is 17.8 Å². The smallest absolute Gasteiger partial charge is 0.251 e. The van der Waals surface area contributed by atoms with Crippen LogP contribution >= 0.6 is 23.4 Å². The van der Waals surface area contributed by atoms with Crippen LogP contribution in [0.25, 0.3) is 11.2 Å². The third-order valence-corrected chi connectivity index (χ3v) is 6.82. The van der Waals surface area contributed by atoms with Crippen molar-refractivity contribution in [2.75, 3.05) is 0 Å². The van der Waals surface area contributed by atoms with Gasteiger partial charge in [0.05, 0.1) is 6.54 Å². The normalized spacial score (nSPS) is 12.1. The second-order valence-electron chi connectivity index (χ2n) is 7.80. The lowest BCUT2D eigenvalue weighted by molar-refractivity contribution is 0.0939. The molecule has 4 aromatic rings. The number of imidazole rings is 1. The Balaban J connectivity index is 1.54. The number of benzene rings is 2. The third-order valence-electron chi connectivity index (χ3n) is 5.42. The Labute approximate surface area is 201 Å². The van der Waals surface area contributed by atoms with Crippen molar-refractivity contribution in [1.29, 1.82) is 0 Å². The highest BCUT2D eigenvalue weighted by Crippen LogP contribution is 2.29. The predicted molar refractivity (Wildman–Crippen MR) is 131 cm³/mol. The number of nitrogens with zero attached hydrogens (tertiary/aromatic N) is 3. The van der Waals surface area contributed by atoms with Crippen molar-refractivity contribution >= 4 is 40.4 Å². The zero-order chi connectivity index (χ0) is 23.4. The summed E-state index contributed by atoms with van der Waals surface area (Å²) in [5.41, 5.74) is 3.51. The third kappa shape index (κ3) is 5.37. The van der Waals surface area contributed by atoms with E-state index in [-0.39, 0.29) is 24.3 Å². The van der Waals surface area contributed by atoms with Crippen molar-refractivity contribution in [3.63, 3.8) is 0 Å². The molecule has 5 nitrogen and oxygen atoms in total. The largest absolute Gasteiger partial charge is 0.350 e. The molecule has 0 saturated heterocycles. The molecule has 170 valence electrons. The first-order chi connectivity index (χ1) is 16.0. The molecule has 8 heteroatoms. The molecular formula is C25H24ClFN4OS. The summed E-state index contributed by atoms with van der Waals surface area (Å²) in [5.74, 6) is 0.211. The highest BCUT2D eigenvalue weighted by atomic mass is 35.5. The Morgan fingerprint density at radius 1 is 1.18 bits per heavy atom. The van der Waals surface area contributed by atoms with E-state index in [0.717, 1.165) is 22.7 Å². The van der Waals surface area contributed by atoms with Gasteiger partial charge in [0.1, 0.15) is 11.3 Å². The van der Waals surface area contributed by atoms with Crippen LogP contribution in [0.1, 0.15) is 41.8 Å². The summed E-state index contributed by atoms with van der Waals surface area (Å²) < 4.78 is 16.3. The standard InChI is InChI=1S/C25H24ClFN4OS/c1-3-16(2)29-24(32)18-11-9-17(10-12-18)15-33-25-30-22-8-5-13-28-23(22)31(25)14-19-20(26)6-4-7-21(19)27/h4-13,16H,3,14-15H2,1-2H3,(H,29,32). The van der Waals surface area contributed by atoms with Gasteiger partial charge < -0.3 is 5.32 Å². The van der Waals surface area contributed by atoms with Crippen LogP contribution in [-0.4, -0.2) is 26.5 Å². The summed E-state index contributed by atoms with van der Waals surface area (Å²) >= 11 is 7.80. The topological polar surface area (TPSA) is 59.8 Å². The Bertz CT molecular complexity index is 1260. The molecule has 2 aromatic heterocycles. The first kappa shape index (κ1) is 23.3. The fourth-order valence-corrected chi connectivity index (χ4v) is 4.52. The highest BCUT2D eigenvalue weighted by molar-refractivity contribution is 7.98. The molecule has 0 radical (unpaired) electrons. The van der Waals surface area contributed by atoms with Crippen LogP contribution in [0.15, 0.2) is 66.0 Å². The van der Waals surface area contributed by atoms with E-state index >= 15 is 0 Å². The maximum atomic E-state index is 14.5. The van der Waals surface area contributed by atoms with Gasteiger partial charge in [0.2, 0.25) is 0 Å². The second-order valence-corrected chi connectivity index (χ2v) is 9.14. The number of pyridine rings is 1. The molecule has 0 bridgehead atoms. The maximum Gasteiger partial charge on any atom is 0.251 e. The van der Waals surface area contributed by atoms with Gasteiger partial charge >= 0.3 is 0 Å².